The van der Waals surface area contributed by atoms with E-state index in [1.807, 2.05) is 30.3 Å². The Morgan fingerprint density at radius 1 is 0.933 bits per heavy atom. The monoisotopic (exact) mass is 220 g/mol. The molecular weight excluding hydrogens is 208 g/mol. The lowest BCUT2D eigenvalue weighted by Crippen LogP contribution is -1.89. The Morgan fingerprint density at radius 3 is 2.27 bits per heavy atom. The fourth-order valence-corrected chi connectivity index (χ4v) is 1.99. The first kappa shape index (κ1) is 10.2. The first-order valence-electron chi connectivity index (χ1n) is 4.60. The van der Waals surface area contributed by atoms with Gasteiger partial charge in [-0.15, -0.1) is 12.6 Å². The van der Waals surface area contributed by atoms with Gasteiger partial charge < -0.3 is 9.47 Å². The Morgan fingerprint density at radius 2 is 1.60 bits per heavy atom. The van der Waals surface area contributed by atoms with Gasteiger partial charge in [0.05, 0.1) is 14.2 Å². The van der Waals surface area contributed by atoms with Crippen molar-refractivity contribution in [3.63, 3.8) is 0 Å². The Kier molecular flexibility index (Phi) is 2.73. The summed E-state index contributed by atoms with van der Waals surface area (Å²) >= 11 is 4.42. The quantitative estimate of drug-likeness (QED) is 0.784. The van der Waals surface area contributed by atoms with Gasteiger partial charge in [0.25, 0.3) is 0 Å². The molecule has 0 saturated heterocycles. The smallest absolute Gasteiger partial charge is 0.128 e. The molecule has 0 aliphatic heterocycles. The maximum atomic E-state index is 5.30. The molecule has 78 valence electrons. The summed E-state index contributed by atoms with van der Waals surface area (Å²) in [5, 5.41) is 2.01. The van der Waals surface area contributed by atoms with Crippen molar-refractivity contribution in [1.29, 1.82) is 0 Å². The minimum Gasteiger partial charge on any atom is -0.496 e. The van der Waals surface area contributed by atoms with Crippen LogP contribution in [-0.2, 0) is 0 Å². The van der Waals surface area contributed by atoms with Gasteiger partial charge in [-0.05, 0) is 18.2 Å². The van der Waals surface area contributed by atoms with E-state index in [1.54, 1.807) is 14.2 Å². The molecule has 2 aromatic rings. The number of hydrogen-bond donors (Lipinski definition) is 1. The van der Waals surface area contributed by atoms with E-state index in [4.69, 9.17) is 9.47 Å². The first-order valence-corrected chi connectivity index (χ1v) is 5.05. The second-order valence-corrected chi connectivity index (χ2v) is 3.65. The van der Waals surface area contributed by atoms with Crippen LogP contribution in [0.2, 0.25) is 0 Å². The lowest BCUT2D eigenvalue weighted by molar-refractivity contribution is 0.410. The zero-order valence-corrected chi connectivity index (χ0v) is 9.54. The highest BCUT2D eigenvalue weighted by Crippen LogP contribution is 2.36. The second-order valence-electron chi connectivity index (χ2n) is 3.17. The predicted molar refractivity (Wildman–Crippen MR) is 64.3 cm³/mol. The second kappa shape index (κ2) is 4.03. The van der Waals surface area contributed by atoms with Crippen LogP contribution < -0.4 is 9.47 Å². The Balaban J connectivity index is 2.86. The highest BCUT2D eigenvalue weighted by Gasteiger charge is 2.08. The van der Waals surface area contributed by atoms with Crippen molar-refractivity contribution < 1.29 is 9.47 Å². The van der Waals surface area contributed by atoms with E-state index in [1.165, 1.54) is 0 Å². The van der Waals surface area contributed by atoms with Gasteiger partial charge in [-0.25, -0.2) is 0 Å². The summed E-state index contributed by atoms with van der Waals surface area (Å²) in [5.41, 5.74) is 0. The minimum absolute atomic E-state index is 0.816. The van der Waals surface area contributed by atoms with E-state index in [9.17, 15) is 0 Å². The molecule has 0 bridgehead atoms. The summed E-state index contributed by atoms with van der Waals surface area (Å²) in [7, 11) is 3.31. The summed E-state index contributed by atoms with van der Waals surface area (Å²) in [6, 6.07) is 9.67. The molecule has 0 aliphatic rings. The van der Waals surface area contributed by atoms with Crippen LogP contribution in [0.3, 0.4) is 0 Å². The predicted octanol–water partition coefficient (Wildman–Crippen LogP) is 3.15. The van der Waals surface area contributed by atoms with Crippen molar-refractivity contribution in [3.05, 3.63) is 30.3 Å². The van der Waals surface area contributed by atoms with Crippen LogP contribution in [0.15, 0.2) is 35.2 Å². The van der Waals surface area contributed by atoms with Crippen LogP contribution in [0, 0.1) is 0 Å². The minimum atomic E-state index is 0.816. The first-order chi connectivity index (χ1) is 7.27. The standard InChI is InChI=1S/C12H12O2S/c1-13-9-6-7-10(14-2)12-8(9)4-3-5-11(12)15/h3-7,15H,1-2H3. The molecule has 0 heterocycles. The number of benzene rings is 2. The van der Waals surface area contributed by atoms with Crippen LogP contribution >= 0.6 is 12.6 Å². The number of rotatable bonds is 2. The van der Waals surface area contributed by atoms with E-state index in [2.05, 4.69) is 12.6 Å². The molecule has 2 nitrogen and oxygen atoms in total. The van der Waals surface area contributed by atoms with Crippen molar-refractivity contribution in [2.75, 3.05) is 14.2 Å². The summed E-state index contributed by atoms with van der Waals surface area (Å²) < 4.78 is 10.6. The Hall–Kier alpha value is -1.35. The lowest BCUT2D eigenvalue weighted by Gasteiger charge is -2.10. The molecule has 0 amide bonds. The summed E-state index contributed by atoms with van der Waals surface area (Å²) in [6.45, 7) is 0. The van der Waals surface area contributed by atoms with Gasteiger partial charge in [0.2, 0.25) is 0 Å². The van der Waals surface area contributed by atoms with E-state index >= 15 is 0 Å². The van der Waals surface area contributed by atoms with Gasteiger partial charge >= 0.3 is 0 Å². The molecule has 0 saturated carbocycles. The third-order valence-corrected chi connectivity index (χ3v) is 2.75. The van der Waals surface area contributed by atoms with Crippen LogP contribution in [0.25, 0.3) is 10.8 Å². The molecule has 0 radical (unpaired) electrons. The van der Waals surface area contributed by atoms with Gasteiger partial charge in [-0.3, -0.25) is 0 Å². The SMILES string of the molecule is COc1ccc(OC)c2c(S)cccc12. The molecule has 0 aromatic heterocycles. The van der Waals surface area contributed by atoms with Crippen molar-refractivity contribution in [2.45, 2.75) is 4.90 Å². The normalized spacial score (nSPS) is 10.3. The van der Waals surface area contributed by atoms with Crippen LogP contribution in [0.1, 0.15) is 0 Å². The van der Waals surface area contributed by atoms with Gasteiger partial charge in [-0.2, -0.15) is 0 Å². The van der Waals surface area contributed by atoms with Gasteiger partial charge in [0.15, 0.2) is 0 Å². The highest BCUT2D eigenvalue weighted by atomic mass is 32.1. The zero-order chi connectivity index (χ0) is 10.8. The zero-order valence-electron chi connectivity index (χ0n) is 8.65. The molecule has 0 fully saturated rings. The number of fused-ring (bicyclic) bond motifs is 1. The third kappa shape index (κ3) is 1.63. The molecule has 15 heavy (non-hydrogen) atoms. The molecule has 0 N–H and O–H groups in total. The lowest BCUT2D eigenvalue weighted by atomic mass is 10.1. The van der Waals surface area contributed by atoms with Crippen molar-refractivity contribution in [3.8, 4) is 11.5 Å². The number of methoxy groups -OCH3 is 2. The molecule has 2 aromatic carbocycles. The average Bonchev–Trinajstić information content (AvgIpc) is 2.28. The third-order valence-electron chi connectivity index (χ3n) is 2.38. The molecule has 3 heteroatoms. The van der Waals surface area contributed by atoms with Crippen LogP contribution in [0.4, 0.5) is 0 Å². The maximum Gasteiger partial charge on any atom is 0.128 e. The number of hydrogen-bond acceptors (Lipinski definition) is 3. The van der Waals surface area contributed by atoms with Crippen LogP contribution in [0.5, 0.6) is 11.5 Å². The van der Waals surface area contributed by atoms with Crippen LogP contribution in [-0.4, -0.2) is 14.2 Å². The molecule has 0 unspecified atom stereocenters. The molecule has 0 spiro atoms. The molecule has 2 rings (SSSR count). The van der Waals surface area contributed by atoms with Crippen molar-refractivity contribution in [1.82, 2.24) is 0 Å². The van der Waals surface area contributed by atoms with Crippen molar-refractivity contribution >= 4 is 23.4 Å². The average molecular weight is 220 g/mol. The highest BCUT2D eigenvalue weighted by molar-refractivity contribution is 7.80. The summed E-state index contributed by atoms with van der Waals surface area (Å²) in [6.07, 6.45) is 0. The van der Waals surface area contributed by atoms with E-state index in [-0.39, 0.29) is 0 Å². The van der Waals surface area contributed by atoms with Crippen molar-refractivity contribution in [2.24, 2.45) is 0 Å². The van der Waals surface area contributed by atoms with Gasteiger partial charge in [-0.1, -0.05) is 12.1 Å². The Labute approximate surface area is 94.2 Å². The van der Waals surface area contributed by atoms with Gasteiger partial charge in [0, 0.05) is 15.7 Å². The summed E-state index contributed by atoms with van der Waals surface area (Å²) in [4.78, 5) is 0.892. The topological polar surface area (TPSA) is 18.5 Å². The maximum absolute atomic E-state index is 5.30. The van der Waals surface area contributed by atoms with E-state index < -0.39 is 0 Å². The Bertz CT molecular complexity index is 494. The largest absolute Gasteiger partial charge is 0.496 e. The van der Waals surface area contributed by atoms with Gasteiger partial charge in [0.1, 0.15) is 11.5 Å². The molecule has 0 aliphatic carbocycles. The fourth-order valence-electron chi connectivity index (χ4n) is 1.68. The summed E-state index contributed by atoms with van der Waals surface area (Å²) in [5.74, 6) is 1.65. The number of thiol groups is 1. The molecular formula is C12H12O2S. The molecule has 0 atom stereocenters. The number of ether oxygens (including phenoxy) is 2. The van der Waals surface area contributed by atoms with E-state index in [0.29, 0.717) is 0 Å². The van der Waals surface area contributed by atoms with E-state index in [0.717, 1.165) is 27.2 Å². The fraction of sp³-hybridized carbons (Fsp3) is 0.167.